The molecule has 0 aliphatic rings. The van der Waals surface area contributed by atoms with Crippen LogP contribution in [0.4, 0.5) is 0 Å². The average molecular weight is 229 g/mol. The van der Waals surface area contributed by atoms with Crippen LogP contribution < -0.4 is 0 Å². The van der Waals surface area contributed by atoms with E-state index in [0.29, 0.717) is 5.92 Å². The van der Waals surface area contributed by atoms with E-state index in [1.54, 1.807) is 0 Å². The normalized spacial score (nSPS) is 12.1. The average Bonchev–Trinajstić information content (AvgIpc) is 2.39. The number of rotatable bonds is 7. The van der Waals surface area contributed by atoms with E-state index < -0.39 is 0 Å². The molecule has 0 heterocycles. The van der Waals surface area contributed by atoms with Gasteiger partial charge in [-0.25, -0.2) is 0 Å². The number of unbranched alkanes of at least 4 members (excludes halogenated alkanes) is 3. The van der Waals surface area contributed by atoms with E-state index >= 15 is 0 Å². The molecule has 0 aliphatic carbocycles. The van der Waals surface area contributed by atoms with Crippen LogP contribution in [0.15, 0.2) is 24.3 Å². The van der Waals surface area contributed by atoms with Gasteiger partial charge in [0, 0.05) is 0 Å². The van der Waals surface area contributed by atoms with Crippen molar-refractivity contribution in [3.63, 3.8) is 0 Å². The van der Waals surface area contributed by atoms with Gasteiger partial charge in [0.2, 0.25) is 0 Å². The van der Waals surface area contributed by atoms with Crippen molar-refractivity contribution >= 4 is 0 Å². The maximum absolute atomic E-state index is 8.77. The summed E-state index contributed by atoms with van der Waals surface area (Å²) in [6.07, 6.45) is 7.80. The topological polar surface area (TPSA) is 23.8 Å². The lowest BCUT2D eigenvalue weighted by atomic mass is 9.90. The van der Waals surface area contributed by atoms with Crippen LogP contribution >= 0.6 is 0 Å². The number of nitrogens with zero attached hydrogens (tertiary/aromatic N) is 1. The van der Waals surface area contributed by atoms with E-state index in [1.165, 1.54) is 44.1 Å². The first-order chi connectivity index (χ1) is 8.31. The lowest BCUT2D eigenvalue weighted by Gasteiger charge is -2.15. The summed E-state index contributed by atoms with van der Waals surface area (Å²) in [7, 11) is 0. The predicted octanol–water partition coefficient (Wildman–Crippen LogP) is 5.02. The fourth-order valence-electron chi connectivity index (χ4n) is 2.25. The van der Waals surface area contributed by atoms with E-state index in [1.807, 2.05) is 12.1 Å². The third-order valence-electron chi connectivity index (χ3n) is 3.41. The molecule has 1 unspecified atom stereocenters. The Balaban J connectivity index is 2.51. The number of nitriles is 1. The van der Waals surface area contributed by atoms with Crippen LogP contribution in [0, 0.1) is 11.3 Å². The molecule has 0 radical (unpaired) electrons. The molecule has 1 aromatic carbocycles. The summed E-state index contributed by atoms with van der Waals surface area (Å²) >= 11 is 0. The molecule has 1 heteroatoms. The van der Waals surface area contributed by atoms with Gasteiger partial charge in [-0.2, -0.15) is 5.26 Å². The standard InChI is InChI=1S/C16H23N/c1-3-5-6-7-8-15(4-2)16-11-9-14(13-17)10-12-16/h9-12,15H,3-8H2,1-2H3. The predicted molar refractivity (Wildman–Crippen MR) is 72.9 cm³/mol. The molecule has 0 bridgehead atoms. The molecule has 0 N–H and O–H groups in total. The molecule has 0 saturated carbocycles. The van der Waals surface area contributed by atoms with Crippen molar-refractivity contribution in [3.8, 4) is 6.07 Å². The Kier molecular flexibility index (Phi) is 6.40. The van der Waals surface area contributed by atoms with Gasteiger partial charge in [0.15, 0.2) is 0 Å². The van der Waals surface area contributed by atoms with Gasteiger partial charge in [0.25, 0.3) is 0 Å². The van der Waals surface area contributed by atoms with Crippen molar-refractivity contribution < 1.29 is 0 Å². The maximum atomic E-state index is 8.77. The van der Waals surface area contributed by atoms with Gasteiger partial charge in [0.1, 0.15) is 0 Å². The van der Waals surface area contributed by atoms with Crippen molar-refractivity contribution in [2.75, 3.05) is 0 Å². The summed E-state index contributed by atoms with van der Waals surface area (Å²) in [5.41, 5.74) is 2.15. The van der Waals surface area contributed by atoms with Gasteiger partial charge in [-0.05, 0) is 36.5 Å². The number of hydrogen-bond donors (Lipinski definition) is 0. The van der Waals surface area contributed by atoms with E-state index in [4.69, 9.17) is 5.26 Å². The number of benzene rings is 1. The molecule has 0 saturated heterocycles. The Labute approximate surface area is 105 Å². The van der Waals surface area contributed by atoms with Crippen LogP contribution in [-0.2, 0) is 0 Å². The monoisotopic (exact) mass is 229 g/mol. The van der Waals surface area contributed by atoms with Crippen LogP contribution in [0.25, 0.3) is 0 Å². The van der Waals surface area contributed by atoms with E-state index in [2.05, 4.69) is 32.0 Å². The summed E-state index contributed by atoms with van der Waals surface area (Å²) in [4.78, 5) is 0. The molecule has 0 fully saturated rings. The van der Waals surface area contributed by atoms with E-state index in [9.17, 15) is 0 Å². The Hall–Kier alpha value is -1.29. The summed E-state index contributed by atoms with van der Waals surface area (Å²) in [6.45, 7) is 4.50. The van der Waals surface area contributed by atoms with Gasteiger partial charge in [0.05, 0.1) is 11.6 Å². The van der Waals surface area contributed by atoms with Crippen molar-refractivity contribution in [1.29, 1.82) is 5.26 Å². The van der Waals surface area contributed by atoms with Gasteiger partial charge >= 0.3 is 0 Å². The van der Waals surface area contributed by atoms with Gasteiger partial charge in [-0.15, -0.1) is 0 Å². The van der Waals surface area contributed by atoms with Crippen LogP contribution in [0.2, 0.25) is 0 Å². The smallest absolute Gasteiger partial charge is 0.0991 e. The SMILES string of the molecule is CCCCCCC(CC)c1ccc(C#N)cc1. The summed E-state index contributed by atoms with van der Waals surface area (Å²) in [5, 5.41) is 8.77. The van der Waals surface area contributed by atoms with Crippen molar-refractivity contribution in [3.05, 3.63) is 35.4 Å². The highest BCUT2D eigenvalue weighted by molar-refractivity contribution is 5.32. The second-order valence-electron chi connectivity index (χ2n) is 4.69. The minimum Gasteiger partial charge on any atom is -0.192 e. The molecule has 17 heavy (non-hydrogen) atoms. The van der Waals surface area contributed by atoms with Crippen LogP contribution in [0.5, 0.6) is 0 Å². The second kappa shape index (κ2) is 7.90. The summed E-state index contributed by atoms with van der Waals surface area (Å²) in [6, 6.07) is 10.3. The minimum absolute atomic E-state index is 0.666. The molecule has 1 aromatic rings. The van der Waals surface area contributed by atoms with Crippen LogP contribution in [0.3, 0.4) is 0 Å². The molecule has 1 atom stereocenters. The highest BCUT2D eigenvalue weighted by Gasteiger charge is 2.08. The van der Waals surface area contributed by atoms with Crippen molar-refractivity contribution in [2.24, 2.45) is 0 Å². The minimum atomic E-state index is 0.666. The lowest BCUT2D eigenvalue weighted by Crippen LogP contribution is -1.97. The fraction of sp³-hybridized carbons (Fsp3) is 0.562. The zero-order chi connectivity index (χ0) is 12.5. The maximum Gasteiger partial charge on any atom is 0.0991 e. The Morgan fingerprint density at radius 2 is 1.76 bits per heavy atom. The molecule has 1 nitrogen and oxygen atoms in total. The molecular formula is C16H23N. The highest BCUT2D eigenvalue weighted by Crippen LogP contribution is 2.26. The molecule has 0 aromatic heterocycles. The third kappa shape index (κ3) is 4.61. The lowest BCUT2D eigenvalue weighted by molar-refractivity contribution is 0.542. The molecule has 0 amide bonds. The molecule has 92 valence electrons. The zero-order valence-corrected chi connectivity index (χ0v) is 11.1. The molecular weight excluding hydrogens is 206 g/mol. The van der Waals surface area contributed by atoms with E-state index in [0.717, 1.165) is 5.56 Å². The number of hydrogen-bond acceptors (Lipinski definition) is 1. The molecule has 0 spiro atoms. The van der Waals surface area contributed by atoms with Gasteiger partial charge in [-0.3, -0.25) is 0 Å². The molecule has 1 rings (SSSR count). The Morgan fingerprint density at radius 1 is 1.06 bits per heavy atom. The first kappa shape index (κ1) is 13.8. The third-order valence-corrected chi connectivity index (χ3v) is 3.41. The van der Waals surface area contributed by atoms with Crippen LogP contribution in [-0.4, -0.2) is 0 Å². The highest BCUT2D eigenvalue weighted by atomic mass is 14.2. The van der Waals surface area contributed by atoms with E-state index in [-0.39, 0.29) is 0 Å². The quantitative estimate of drug-likeness (QED) is 0.602. The van der Waals surface area contributed by atoms with Crippen molar-refractivity contribution in [1.82, 2.24) is 0 Å². The fourth-order valence-corrected chi connectivity index (χ4v) is 2.25. The Morgan fingerprint density at radius 3 is 2.29 bits per heavy atom. The Bertz CT molecular complexity index is 345. The van der Waals surface area contributed by atoms with Gasteiger partial charge < -0.3 is 0 Å². The largest absolute Gasteiger partial charge is 0.192 e. The first-order valence-corrected chi connectivity index (χ1v) is 6.81. The zero-order valence-electron chi connectivity index (χ0n) is 11.1. The summed E-state index contributed by atoms with van der Waals surface area (Å²) < 4.78 is 0. The van der Waals surface area contributed by atoms with Crippen molar-refractivity contribution in [2.45, 2.75) is 58.3 Å². The van der Waals surface area contributed by atoms with Gasteiger partial charge in [-0.1, -0.05) is 51.7 Å². The summed E-state index contributed by atoms with van der Waals surface area (Å²) in [5.74, 6) is 0.666. The first-order valence-electron chi connectivity index (χ1n) is 6.81. The molecule has 0 aliphatic heterocycles. The van der Waals surface area contributed by atoms with Crippen LogP contribution in [0.1, 0.15) is 69.4 Å². The second-order valence-corrected chi connectivity index (χ2v) is 4.69.